The topological polar surface area (TPSA) is 98.1 Å². The van der Waals surface area contributed by atoms with E-state index in [9.17, 15) is 4.79 Å². The number of likely N-dealkylation sites (tertiary alicyclic amines) is 1. The van der Waals surface area contributed by atoms with Crippen LogP contribution in [0.15, 0.2) is 36.7 Å². The quantitative estimate of drug-likeness (QED) is 0.754. The first-order valence-corrected chi connectivity index (χ1v) is 8.82. The van der Waals surface area contributed by atoms with Crippen LogP contribution in [0.3, 0.4) is 0 Å². The fraction of sp³-hybridized carbons (Fsp3) is 0.389. The summed E-state index contributed by atoms with van der Waals surface area (Å²) in [6, 6.07) is 7.15. The molecule has 0 radical (unpaired) electrons. The van der Waals surface area contributed by atoms with Crippen molar-refractivity contribution in [2.24, 2.45) is 0 Å². The molecule has 2 aromatic rings. The van der Waals surface area contributed by atoms with Crippen LogP contribution in [0.1, 0.15) is 43.5 Å². The molecular formula is C18H26ClN5O. The van der Waals surface area contributed by atoms with Gasteiger partial charge in [0.2, 0.25) is 0 Å². The summed E-state index contributed by atoms with van der Waals surface area (Å²) in [6.07, 6.45) is 6.30. The lowest BCUT2D eigenvalue weighted by atomic mass is 10.1. The zero-order valence-electron chi connectivity index (χ0n) is 14.8. The minimum atomic E-state index is 0.134. The largest absolute Gasteiger partial charge is 0.399 e. The normalized spacial score (nSPS) is 13.0. The van der Waals surface area contributed by atoms with Crippen molar-refractivity contribution < 1.29 is 4.79 Å². The number of benzene rings is 1. The van der Waals surface area contributed by atoms with E-state index < -0.39 is 0 Å². The molecule has 1 aliphatic rings. The van der Waals surface area contributed by atoms with E-state index in [-0.39, 0.29) is 5.91 Å². The molecule has 4 N–H and O–H groups in total. The average molecular weight is 364 g/mol. The van der Waals surface area contributed by atoms with Gasteiger partial charge in [-0.25, -0.2) is 9.97 Å². The second-order valence-corrected chi connectivity index (χ2v) is 5.63. The number of nitrogens with zero attached hydrogens (tertiary/aromatic N) is 3. The Balaban J connectivity index is 0.000000264. The summed E-state index contributed by atoms with van der Waals surface area (Å²) in [5.74, 6) is 0.518. The van der Waals surface area contributed by atoms with Crippen LogP contribution in [0.5, 0.6) is 0 Å². The van der Waals surface area contributed by atoms with E-state index >= 15 is 0 Å². The Hall–Kier alpha value is -2.34. The Morgan fingerprint density at radius 3 is 2.08 bits per heavy atom. The highest BCUT2D eigenvalue weighted by atomic mass is 35.5. The number of anilines is 2. The number of hydrogen-bond acceptors (Lipinski definition) is 5. The Bertz CT molecular complexity index is 604. The van der Waals surface area contributed by atoms with Crippen molar-refractivity contribution in [1.29, 1.82) is 0 Å². The number of nitrogens with two attached hydrogens (primary N) is 2. The lowest BCUT2D eigenvalue weighted by Gasteiger charge is -2.26. The number of rotatable bonds is 1. The maximum absolute atomic E-state index is 12.0. The summed E-state index contributed by atoms with van der Waals surface area (Å²) in [7, 11) is 0. The molecular weight excluding hydrogens is 338 g/mol. The summed E-state index contributed by atoms with van der Waals surface area (Å²) >= 11 is 5.38. The second kappa shape index (κ2) is 11.3. The van der Waals surface area contributed by atoms with Crippen LogP contribution in [0.25, 0.3) is 0 Å². The smallest absolute Gasteiger partial charge is 0.253 e. The van der Waals surface area contributed by atoms with Crippen LogP contribution in [0, 0.1) is 0 Å². The summed E-state index contributed by atoms with van der Waals surface area (Å²) in [5, 5.41) is 0.360. The lowest BCUT2D eigenvalue weighted by Crippen LogP contribution is -2.35. The van der Waals surface area contributed by atoms with Gasteiger partial charge in [-0.1, -0.05) is 25.4 Å². The van der Waals surface area contributed by atoms with E-state index in [0.717, 1.165) is 31.5 Å². The van der Waals surface area contributed by atoms with Gasteiger partial charge in [0.1, 0.15) is 11.0 Å². The third-order valence-corrected chi connectivity index (χ3v) is 3.64. The molecule has 0 aliphatic carbocycles. The molecule has 2 heterocycles. The third-order valence-electron chi connectivity index (χ3n) is 3.44. The molecule has 6 nitrogen and oxygen atoms in total. The van der Waals surface area contributed by atoms with Crippen molar-refractivity contribution in [3.05, 3.63) is 47.4 Å². The van der Waals surface area contributed by atoms with Gasteiger partial charge in [-0.2, -0.15) is 0 Å². The minimum absolute atomic E-state index is 0.134. The van der Waals surface area contributed by atoms with E-state index in [1.807, 2.05) is 18.7 Å². The highest BCUT2D eigenvalue weighted by molar-refractivity contribution is 6.29. The zero-order valence-corrected chi connectivity index (χ0v) is 15.5. The molecule has 0 spiro atoms. The Morgan fingerprint density at radius 1 is 1.00 bits per heavy atom. The summed E-state index contributed by atoms with van der Waals surface area (Å²) in [4.78, 5) is 21.2. The summed E-state index contributed by atoms with van der Waals surface area (Å²) in [5.41, 5.74) is 12.2. The van der Waals surface area contributed by atoms with Crippen molar-refractivity contribution in [3.8, 4) is 0 Å². The molecule has 136 valence electrons. The zero-order chi connectivity index (χ0) is 18.7. The first-order valence-electron chi connectivity index (χ1n) is 8.44. The summed E-state index contributed by atoms with van der Waals surface area (Å²) < 4.78 is 0. The molecule has 25 heavy (non-hydrogen) atoms. The standard InChI is InChI=1S/C12H16N2O.C4H4ClN3.C2H6/c13-11-6-4-10(5-7-11)12(15)14-8-2-1-3-9-14;5-3-1-8-4(6)2-7-3;1-2/h4-7H,1-3,8-9,13H2;1-2H,(H2,6,8);1-2H3. The van der Waals surface area contributed by atoms with E-state index in [1.165, 1.54) is 18.8 Å². The maximum atomic E-state index is 12.0. The number of aromatic nitrogens is 2. The number of piperidine rings is 1. The number of carbonyl (C=O) groups is 1. The molecule has 1 aliphatic heterocycles. The van der Waals surface area contributed by atoms with Gasteiger partial charge in [-0.15, -0.1) is 0 Å². The van der Waals surface area contributed by atoms with Crippen molar-refractivity contribution in [2.45, 2.75) is 33.1 Å². The molecule has 0 unspecified atom stereocenters. The number of hydrogen-bond donors (Lipinski definition) is 2. The number of nitrogen functional groups attached to an aromatic ring is 2. The highest BCUT2D eigenvalue weighted by Gasteiger charge is 2.17. The van der Waals surface area contributed by atoms with Crippen molar-refractivity contribution in [2.75, 3.05) is 24.6 Å². The fourth-order valence-electron chi connectivity index (χ4n) is 2.23. The van der Waals surface area contributed by atoms with Gasteiger partial charge in [-0.3, -0.25) is 4.79 Å². The van der Waals surface area contributed by atoms with E-state index in [4.69, 9.17) is 23.1 Å². The molecule has 1 fully saturated rings. The minimum Gasteiger partial charge on any atom is -0.399 e. The van der Waals surface area contributed by atoms with Crippen molar-refractivity contribution >= 4 is 29.0 Å². The average Bonchev–Trinajstić information content (AvgIpc) is 2.67. The monoisotopic (exact) mass is 363 g/mol. The van der Waals surface area contributed by atoms with Crippen LogP contribution in [0.4, 0.5) is 11.5 Å². The van der Waals surface area contributed by atoms with Crippen molar-refractivity contribution in [3.63, 3.8) is 0 Å². The first-order chi connectivity index (χ1) is 12.1. The predicted molar refractivity (Wildman–Crippen MR) is 103 cm³/mol. The predicted octanol–water partition coefficient (Wildman–Crippen LogP) is 3.63. The lowest BCUT2D eigenvalue weighted by molar-refractivity contribution is 0.0724. The number of carbonyl (C=O) groups excluding carboxylic acids is 1. The molecule has 1 aromatic carbocycles. The van der Waals surface area contributed by atoms with Gasteiger partial charge in [0.15, 0.2) is 0 Å². The highest BCUT2D eigenvalue weighted by Crippen LogP contribution is 2.14. The molecule has 1 amide bonds. The van der Waals surface area contributed by atoms with Crippen molar-refractivity contribution in [1.82, 2.24) is 14.9 Å². The molecule has 1 aromatic heterocycles. The van der Waals surface area contributed by atoms with E-state index in [2.05, 4.69) is 9.97 Å². The third kappa shape index (κ3) is 7.39. The molecule has 0 bridgehead atoms. The van der Waals surface area contributed by atoms with E-state index in [1.54, 1.807) is 24.3 Å². The molecule has 0 saturated carbocycles. The van der Waals surface area contributed by atoms with Crippen LogP contribution in [-0.2, 0) is 0 Å². The number of halogens is 1. The summed E-state index contributed by atoms with van der Waals surface area (Å²) in [6.45, 7) is 5.78. The first kappa shape index (κ1) is 20.7. The molecule has 7 heteroatoms. The van der Waals surface area contributed by atoms with Gasteiger partial charge in [0, 0.05) is 24.3 Å². The van der Waals surface area contributed by atoms with Crippen LogP contribution in [0.2, 0.25) is 5.15 Å². The SMILES string of the molecule is CC.Nc1ccc(C(=O)N2CCCCC2)cc1.Nc1cnc(Cl)cn1. The Labute approximate surface area is 154 Å². The van der Waals surface area contributed by atoms with Crippen LogP contribution >= 0.6 is 11.6 Å². The molecule has 3 rings (SSSR count). The van der Waals surface area contributed by atoms with Gasteiger partial charge in [-0.05, 0) is 43.5 Å². The van der Waals surface area contributed by atoms with Gasteiger partial charge < -0.3 is 16.4 Å². The molecule has 0 atom stereocenters. The maximum Gasteiger partial charge on any atom is 0.253 e. The Kier molecular flexibility index (Phi) is 9.32. The van der Waals surface area contributed by atoms with E-state index in [0.29, 0.717) is 16.7 Å². The van der Waals surface area contributed by atoms with Crippen LogP contribution in [-0.4, -0.2) is 33.9 Å². The van der Waals surface area contributed by atoms with Crippen LogP contribution < -0.4 is 11.5 Å². The van der Waals surface area contributed by atoms with Gasteiger partial charge >= 0.3 is 0 Å². The van der Waals surface area contributed by atoms with Gasteiger partial charge in [0.05, 0.1) is 12.4 Å². The molecule has 1 saturated heterocycles. The second-order valence-electron chi connectivity index (χ2n) is 5.24. The Morgan fingerprint density at radius 2 is 1.60 bits per heavy atom. The fourth-order valence-corrected chi connectivity index (χ4v) is 2.33. The number of amides is 1. The van der Waals surface area contributed by atoms with Gasteiger partial charge in [0.25, 0.3) is 5.91 Å².